The Morgan fingerprint density at radius 2 is 2.07 bits per heavy atom. The Hall–Kier alpha value is -1.70. The van der Waals surface area contributed by atoms with Gasteiger partial charge in [0.15, 0.2) is 0 Å². The summed E-state index contributed by atoms with van der Waals surface area (Å²) in [5.41, 5.74) is 1.10. The van der Waals surface area contributed by atoms with E-state index in [1.165, 1.54) is 0 Å². The van der Waals surface area contributed by atoms with Crippen LogP contribution in [0.5, 0.6) is 0 Å². The highest BCUT2D eigenvalue weighted by Gasteiger charge is 2.07. The van der Waals surface area contributed by atoms with Crippen LogP contribution in [-0.2, 0) is 0 Å². The molecule has 0 spiro atoms. The Morgan fingerprint density at radius 3 is 3.00 bits per heavy atom. The number of H-pyrrole nitrogens is 1. The van der Waals surface area contributed by atoms with Crippen molar-refractivity contribution in [3.8, 4) is 0 Å². The van der Waals surface area contributed by atoms with Crippen molar-refractivity contribution in [2.75, 3.05) is 0 Å². The molecule has 2 N–H and O–H groups in total. The van der Waals surface area contributed by atoms with E-state index in [-0.39, 0.29) is 0 Å². The zero-order valence-corrected chi connectivity index (χ0v) is 7.75. The minimum Gasteiger partial charge on any atom is -0.512 e. The Kier molecular flexibility index (Phi) is 1.45. The van der Waals surface area contributed by atoms with Gasteiger partial charge in [-0.3, -0.25) is 0 Å². The summed E-state index contributed by atoms with van der Waals surface area (Å²) >= 11 is 0. The fourth-order valence-corrected chi connectivity index (χ4v) is 2.11. The van der Waals surface area contributed by atoms with Gasteiger partial charge < -0.3 is 10.1 Å². The van der Waals surface area contributed by atoms with Gasteiger partial charge in [-0.2, -0.15) is 0 Å². The van der Waals surface area contributed by atoms with Gasteiger partial charge in [-0.15, -0.1) is 0 Å². The summed E-state index contributed by atoms with van der Waals surface area (Å²) in [6.07, 6.45) is 3.83. The highest BCUT2D eigenvalue weighted by atomic mass is 16.3. The fraction of sp³-hybridized carbons (Fsp3) is 0.167. The van der Waals surface area contributed by atoms with E-state index in [0.717, 1.165) is 34.3 Å². The molecule has 2 nitrogen and oxygen atoms in total. The second-order valence-corrected chi connectivity index (χ2v) is 3.65. The molecule has 0 atom stereocenters. The van der Waals surface area contributed by atoms with Crippen molar-refractivity contribution in [2.45, 2.75) is 12.8 Å². The summed E-state index contributed by atoms with van der Waals surface area (Å²) in [4.78, 5) is 3.31. The lowest BCUT2D eigenvalue weighted by atomic mass is 10.1. The van der Waals surface area contributed by atoms with Gasteiger partial charge >= 0.3 is 0 Å². The average Bonchev–Trinajstić information content (AvgIpc) is 2.57. The Bertz CT molecular complexity index is 607. The third kappa shape index (κ3) is 0.909. The number of benzene rings is 1. The third-order valence-corrected chi connectivity index (χ3v) is 2.75. The van der Waals surface area contributed by atoms with E-state index in [0.29, 0.717) is 5.76 Å². The molecule has 2 aromatic rings. The molecule has 0 fully saturated rings. The maximum absolute atomic E-state index is 9.82. The molecule has 0 aliphatic heterocycles. The lowest BCUT2D eigenvalue weighted by Crippen LogP contribution is -2.27. The van der Waals surface area contributed by atoms with Gasteiger partial charge in [0.2, 0.25) is 0 Å². The van der Waals surface area contributed by atoms with Crippen LogP contribution >= 0.6 is 0 Å². The molecule has 0 saturated heterocycles. The first-order valence-electron chi connectivity index (χ1n) is 4.85. The third-order valence-electron chi connectivity index (χ3n) is 2.75. The molecule has 0 bridgehead atoms. The maximum Gasteiger partial charge on any atom is 0.102 e. The predicted molar refractivity (Wildman–Crippen MR) is 57.3 cm³/mol. The van der Waals surface area contributed by atoms with Crippen LogP contribution < -0.4 is 10.6 Å². The molecule has 1 aromatic carbocycles. The van der Waals surface area contributed by atoms with Gasteiger partial charge in [-0.1, -0.05) is 24.3 Å². The van der Waals surface area contributed by atoms with Crippen molar-refractivity contribution >= 4 is 22.7 Å². The highest BCUT2D eigenvalue weighted by Crippen LogP contribution is 2.10. The molecule has 14 heavy (non-hydrogen) atoms. The fourth-order valence-electron chi connectivity index (χ4n) is 2.11. The molecule has 1 heterocycles. The molecule has 0 unspecified atom stereocenters. The van der Waals surface area contributed by atoms with Gasteiger partial charge in [0, 0.05) is 27.9 Å². The molecule has 0 radical (unpaired) electrons. The first kappa shape index (κ1) is 7.68. The van der Waals surface area contributed by atoms with Crippen LogP contribution in [0.3, 0.4) is 0 Å². The van der Waals surface area contributed by atoms with E-state index in [4.69, 9.17) is 0 Å². The lowest BCUT2D eigenvalue weighted by molar-refractivity contribution is 0.478. The van der Waals surface area contributed by atoms with Crippen molar-refractivity contribution in [3.05, 3.63) is 34.8 Å². The van der Waals surface area contributed by atoms with E-state index in [9.17, 15) is 5.11 Å². The SMILES string of the molecule is OC1=c2c([nH]c3ccccc23)=CCC1. The standard InChI is InChI=1S/C12H11NO/c14-11-7-3-6-10-12(11)8-4-1-2-5-9(8)13-10/h1-2,4-6,13-14H,3,7H2. The lowest BCUT2D eigenvalue weighted by Gasteiger charge is -2.00. The average molecular weight is 185 g/mol. The molecule has 2 heteroatoms. The first-order chi connectivity index (χ1) is 6.86. The summed E-state index contributed by atoms with van der Waals surface area (Å²) in [6.45, 7) is 0. The monoisotopic (exact) mass is 185 g/mol. The number of aliphatic hydroxyl groups is 1. The number of aromatic nitrogens is 1. The van der Waals surface area contributed by atoms with E-state index in [2.05, 4.69) is 11.1 Å². The predicted octanol–water partition coefficient (Wildman–Crippen LogP) is 1.41. The maximum atomic E-state index is 9.82. The van der Waals surface area contributed by atoms with E-state index in [1.54, 1.807) is 0 Å². The molecule has 0 amide bonds. The van der Waals surface area contributed by atoms with Crippen LogP contribution in [0.1, 0.15) is 12.8 Å². The zero-order chi connectivity index (χ0) is 9.54. The molecule has 1 aromatic heterocycles. The minimum absolute atomic E-state index is 0.514. The van der Waals surface area contributed by atoms with Crippen LogP contribution in [0.2, 0.25) is 0 Å². The van der Waals surface area contributed by atoms with Crippen molar-refractivity contribution in [2.24, 2.45) is 0 Å². The first-order valence-corrected chi connectivity index (χ1v) is 4.85. The number of hydrogen-bond donors (Lipinski definition) is 2. The quantitative estimate of drug-likeness (QED) is 0.639. The Labute approximate surface area is 81.2 Å². The molecular formula is C12H11NO. The molecule has 0 saturated carbocycles. The number of rotatable bonds is 0. The molecule has 3 rings (SSSR count). The normalized spacial score (nSPS) is 15.3. The van der Waals surface area contributed by atoms with Crippen LogP contribution in [0.25, 0.3) is 22.7 Å². The van der Waals surface area contributed by atoms with E-state index < -0.39 is 0 Å². The number of aliphatic hydroxyl groups excluding tert-OH is 1. The van der Waals surface area contributed by atoms with Crippen LogP contribution in [0.4, 0.5) is 0 Å². The number of fused-ring (bicyclic) bond motifs is 3. The van der Waals surface area contributed by atoms with Crippen LogP contribution in [0, 0.1) is 0 Å². The second-order valence-electron chi connectivity index (χ2n) is 3.65. The number of hydrogen-bond acceptors (Lipinski definition) is 1. The number of aromatic amines is 1. The molecule has 1 aliphatic carbocycles. The van der Waals surface area contributed by atoms with Gasteiger partial charge in [0.05, 0.1) is 0 Å². The van der Waals surface area contributed by atoms with Gasteiger partial charge in [-0.05, 0) is 12.5 Å². The van der Waals surface area contributed by atoms with Crippen LogP contribution in [0.15, 0.2) is 24.3 Å². The summed E-state index contributed by atoms with van der Waals surface area (Å²) < 4.78 is 0. The largest absolute Gasteiger partial charge is 0.512 e. The van der Waals surface area contributed by atoms with Gasteiger partial charge in [-0.25, -0.2) is 0 Å². The zero-order valence-electron chi connectivity index (χ0n) is 7.75. The summed E-state index contributed by atoms with van der Waals surface area (Å²) in [5.74, 6) is 0.514. The van der Waals surface area contributed by atoms with Crippen LogP contribution in [-0.4, -0.2) is 10.1 Å². The molecular weight excluding hydrogens is 174 g/mol. The van der Waals surface area contributed by atoms with E-state index in [1.807, 2.05) is 24.3 Å². The van der Waals surface area contributed by atoms with Crippen molar-refractivity contribution in [1.29, 1.82) is 0 Å². The summed E-state index contributed by atoms with van der Waals surface area (Å²) in [7, 11) is 0. The Morgan fingerprint density at radius 1 is 1.21 bits per heavy atom. The van der Waals surface area contributed by atoms with Crippen molar-refractivity contribution < 1.29 is 5.11 Å². The van der Waals surface area contributed by atoms with Crippen molar-refractivity contribution in [3.63, 3.8) is 0 Å². The van der Waals surface area contributed by atoms with E-state index >= 15 is 0 Å². The van der Waals surface area contributed by atoms with Gasteiger partial charge in [0.25, 0.3) is 0 Å². The minimum atomic E-state index is 0.514. The number of nitrogens with one attached hydrogen (secondary N) is 1. The molecule has 1 aliphatic rings. The smallest absolute Gasteiger partial charge is 0.102 e. The Balaban J connectivity index is 2.66. The summed E-state index contributed by atoms with van der Waals surface area (Å²) in [5, 5.41) is 13.0. The second kappa shape index (κ2) is 2.64. The van der Waals surface area contributed by atoms with Crippen molar-refractivity contribution in [1.82, 2.24) is 4.98 Å². The van der Waals surface area contributed by atoms with Gasteiger partial charge in [0.1, 0.15) is 5.76 Å². The molecule has 70 valence electrons. The topological polar surface area (TPSA) is 36.0 Å². The number of para-hydroxylation sites is 1. The highest BCUT2D eigenvalue weighted by molar-refractivity contribution is 5.82. The summed E-state index contributed by atoms with van der Waals surface area (Å²) in [6, 6.07) is 8.08.